The molecule has 4 rings (SSSR count). The van der Waals surface area contributed by atoms with Crippen LogP contribution >= 0.6 is 0 Å². The van der Waals surface area contributed by atoms with Crippen molar-refractivity contribution in [3.8, 4) is 22.3 Å². The third-order valence-electron chi connectivity index (χ3n) is 6.48. The van der Waals surface area contributed by atoms with Crippen molar-refractivity contribution in [2.45, 2.75) is 51.9 Å². The van der Waals surface area contributed by atoms with E-state index in [-0.39, 0.29) is 5.56 Å². The average Bonchev–Trinajstić information content (AvgIpc) is 2.85. The average molecular weight is 455 g/mol. The lowest BCUT2D eigenvalue weighted by atomic mass is 9.95. The van der Waals surface area contributed by atoms with Crippen LogP contribution in [0.2, 0.25) is 0 Å². The van der Waals surface area contributed by atoms with E-state index in [2.05, 4.69) is 31.7 Å². The Morgan fingerprint density at radius 2 is 1.29 bits per heavy atom. The van der Waals surface area contributed by atoms with Crippen molar-refractivity contribution in [2.24, 2.45) is 0 Å². The first-order valence-corrected chi connectivity index (χ1v) is 12.3. The van der Waals surface area contributed by atoms with Gasteiger partial charge in [-0.15, -0.1) is 6.58 Å². The van der Waals surface area contributed by atoms with Crippen LogP contribution in [0.4, 0.5) is 8.78 Å². The van der Waals surface area contributed by atoms with Gasteiger partial charge < -0.3 is 0 Å². The van der Waals surface area contributed by atoms with E-state index >= 15 is 8.78 Å². The van der Waals surface area contributed by atoms with E-state index in [0.29, 0.717) is 11.1 Å². The zero-order valence-corrected chi connectivity index (χ0v) is 19.9. The predicted octanol–water partition coefficient (Wildman–Crippen LogP) is 9.69. The van der Waals surface area contributed by atoms with Crippen LogP contribution in [-0.4, -0.2) is 0 Å². The summed E-state index contributed by atoms with van der Waals surface area (Å²) >= 11 is 0. The molecule has 174 valence electrons. The minimum absolute atomic E-state index is 0.0209. The fourth-order valence-corrected chi connectivity index (χ4v) is 4.51. The monoisotopic (exact) mass is 454 g/mol. The summed E-state index contributed by atoms with van der Waals surface area (Å²) in [4.78, 5) is 0. The van der Waals surface area contributed by atoms with Crippen LogP contribution in [0.5, 0.6) is 0 Å². The van der Waals surface area contributed by atoms with E-state index in [1.54, 1.807) is 12.1 Å². The summed E-state index contributed by atoms with van der Waals surface area (Å²) in [6.45, 7) is 5.96. The van der Waals surface area contributed by atoms with Crippen molar-refractivity contribution < 1.29 is 8.78 Å². The summed E-state index contributed by atoms with van der Waals surface area (Å²) in [5.74, 6) is -1.09. The highest BCUT2D eigenvalue weighted by atomic mass is 19.1. The van der Waals surface area contributed by atoms with Gasteiger partial charge in [0.15, 0.2) is 0 Å². The SMILES string of the molecule is C=CCCc1ccc(-c2c(F)cc(-c3ccc4cc(CCCCCC)ccc4c3)cc2F)cc1. The van der Waals surface area contributed by atoms with E-state index < -0.39 is 11.6 Å². The molecule has 0 spiro atoms. The summed E-state index contributed by atoms with van der Waals surface area (Å²) in [6, 6.07) is 22.8. The number of aryl methyl sites for hydroxylation is 2. The quantitative estimate of drug-likeness (QED) is 0.165. The van der Waals surface area contributed by atoms with E-state index in [1.165, 1.54) is 43.4 Å². The molecular formula is C32H32F2. The molecule has 0 aromatic heterocycles. The molecule has 0 saturated heterocycles. The number of hydrogen-bond donors (Lipinski definition) is 0. The van der Waals surface area contributed by atoms with Crippen molar-refractivity contribution in [2.75, 3.05) is 0 Å². The van der Waals surface area contributed by atoms with Gasteiger partial charge in [0.2, 0.25) is 0 Å². The van der Waals surface area contributed by atoms with Gasteiger partial charge in [-0.1, -0.05) is 86.9 Å². The van der Waals surface area contributed by atoms with Crippen LogP contribution in [-0.2, 0) is 12.8 Å². The van der Waals surface area contributed by atoms with Crippen molar-refractivity contribution in [3.05, 3.63) is 108 Å². The summed E-state index contributed by atoms with van der Waals surface area (Å²) in [6.07, 6.45) is 9.70. The summed E-state index contributed by atoms with van der Waals surface area (Å²) < 4.78 is 30.1. The first-order valence-electron chi connectivity index (χ1n) is 12.3. The lowest BCUT2D eigenvalue weighted by molar-refractivity contribution is 0.590. The van der Waals surface area contributed by atoms with E-state index in [0.717, 1.165) is 41.2 Å². The summed E-state index contributed by atoms with van der Waals surface area (Å²) in [5, 5.41) is 2.24. The Morgan fingerprint density at radius 3 is 2.00 bits per heavy atom. The first kappa shape index (κ1) is 23.9. The fourth-order valence-electron chi connectivity index (χ4n) is 4.51. The van der Waals surface area contributed by atoms with E-state index in [9.17, 15) is 0 Å². The number of benzene rings is 4. The second-order valence-electron chi connectivity index (χ2n) is 9.05. The summed E-state index contributed by atoms with van der Waals surface area (Å²) in [5.41, 5.74) is 4.40. The minimum atomic E-state index is -0.545. The van der Waals surface area contributed by atoms with Gasteiger partial charge in [-0.2, -0.15) is 0 Å². The number of halogens is 2. The van der Waals surface area contributed by atoms with Gasteiger partial charge in [0.1, 0.15) is 11.6 Å². The second kappa shape index (κ2) is 11.2. The molecule has 0 unspecified atom stereocenters. The van der Waals surface area contributed by atoms with Crippen molar-refractivity contribution >= 4 is 10.8 Å². The highest BCUT2D eigenvalue weighted by Gasteiger charge is 2.14. The minimum Gasteiger partial charge on any atom is -0.206 e. The van der Waals surface area contributed by atoms with Gasteiger partial charge >= 0.3 is 0 Å². The van der Waals surface area contributed by atoms with Crippen molar-refractivity contribution in [1.82, 2.24) is 0 Å². The molecule has 0 aliphatic heterocycles. The number of fused-ring (bicyclic) bond motifs is 1. The molecule has 0 radical (unpaired) electrons. The Bertz CT molecular complexity index is 1250. The van der Waals surface area contributed by atoms with Crippen LogP contribution in [0, 0.1) is 11.6 Å². The summed E-state index contributed by atoms with van der Waals surface area (Å²) in [7, 11) is 0. The van der Waals surface area contributed by atoms with Gasteiger partial charge in [-0.25, -0.2) is 8.78 Å². The zero-order valence-electron chi connectivity index (χ0n) is 19.9. The number of allylic oxidation sites excluding steroid dienone is 1. The van der Waals surface area contributed by atoms with Crippen LogP contribution in [0.3, 0.4) is 0 Å². The highest BCUT2D eigenvalue weighted by Crippen LogP contribution is 2.33. The van der Waals surface area contributed by atoms with Crippen molar-refractivity contribution in [3.63, 3.8) is 0 Å². The molecule has 0 bridgehead atoms. The molecule has 2 heteroatoms. The number of hydrogen-bond acceptors (Lipinski definition) is 0. The van der Waals surface area contributed by atoms with Gasteiger partial charge in [-0.3, -0.25) is 0 Å². The largest absolute Gasteiger partial charge is 0.206 e. The molecule has 0 amide bonds. The molecule has 0 saturated carbocycles. The maximum Gasteiger partial charge on any atom is 0.134 e. The van der Waals surface area contributed by atoms with Crippen LogP contribution in [0.25, 0.3) is 33.0 Å². The zero-order chi connectivity index (χ0) is 23.9. The lowest BCUT2D eigenvalue weighted by Gasteiger charge is -2.11. The first-order chi connectivity index (χ1) is 16.6. The van der Waals surface area contributed by atoms with Crippen LogP contribution < -0.4 is 0 Å². The molecule has 0 nitrogen and oxygen atoms in total. The standard InChI is InChI=1S/C32H32F2/c1-3-5-7-8-10-24-13-16-27-20-28(18-17-26(27)19-24)29-21-30(33)32(31(34)22-29)25-14-11-23(12-15-25)9-6-4-2/h4,11-22H,2-3,5-10H2,1H3. The molecule has 4 aromatic rings. The van der Waals surface area contributed by atoms with Crippen molar-refractivity contribution in [1.29, 1.82) is 0 Å². The molecule has 0 N–H and O–H groups in total. The normalized spacial score (nSPS) is 11.1. The molecular weight excluding hydrogens is 422 g/mol. The van der Waals surface area contributed by atoms with E-state index in [1.807, 2.05) is 36.4 Å². The molecule has 0 fully saturated rings. The Labute approximate surface area is 202 Å². The third kappa shape index (κ3) is 5.62. The smallest absolute Gasteiger partial charge is 0.134 e. The van der Waals surface area contributed by atoms with Crippen LogP contribution in [0.15, 0.2) is 85.5 Å². The topological polar surface area (TPSA) is 0 Å². The fraction of sp³-hybridized carbons (Fsp3) is 0.250. The number of unbranched alkanes of at least 4 members (excludes halogenated alkanes) is 3. The molecule has 0 aliphatic carbocycles. The molecule has 0 atom stereocenters. The maximum atomic E-state index is 15.1. The Morgan fingerprint density at radius 1 is 0.647 bits per heavy atom. The molecule has 4 aromatic carbocycles. The number of rotatable bonds is 10. The Balaban J connectivity index is 1.57. The third-order valence-corrected chi connectivity index (χ3v) is 6.48. The Hall–Kier alpha value is -3.26. The van der Waals surface area contributed by atoms with Gasteiger partial charge in [0.05, 0.1) is 5.56 Å². The van der Waals surface area contributed by atoms with Crippen LogP contribution in [0.1, 0.15) is 50.2 Å². The Kier molecular flexibility index (Phi) is 7.90. The predicted molar refractivity (Wildman–Crippen MR) is 141 cm³/mol. The highest BCUT2D eigenvalue weighted by molar-refractivity contribution is 5.88. The van der Waals surface area contributed by atoms with Gasteiger partial charge in [0, 0.05) is 0 Å². The molecule has 0 aliphatic rings. The lowest BCUT2D eigenvalue weighted by Crippen LogP contribution is -1.93. The maximum absolute atomic E-state index is 15.1. The van der Waals surface area contributed by atoms with Gasteiger partial charge in [-0.05, 0) is 82.5 Å². The van der Waals surface area contributed by atoms with Gasteiger partial charge in [0.25, 0.3) is 0 Å². The second-order valence-corrected chi connectivity index (χ2v) is 9.05. The molecule has 0 heterocycles. The van der Waals surface area contributed by atoms with E-state index in [4.69, 9.17) is 0 Å². The molecule has 34 heavy (non-hydrogen) atoms.